The quantitative estimate of drug-likeness (QED) is 0.371. The lowest BCUT2D eigenvalue weighted by molar-refractivity contribution is -0.119. The van der Waals surface area contributed by atoms with Crippen LogP contribution >= 0.6 is 22.7 Å². The zero-order valence-corrected chi connectivity index (χ0v) is 19.0. The van der Waals surface area contributed by atoms with Crippen LogP contribution in [0.15, 0.2) is 72.1 Å². The van der Waals surface area contributed by atoms with Gasteiger partial charge in [-0.05, 0) is 29.6 Å². The molecule has 4 aromatic rings. The Morgan fingerprint density at radius 1 is 0.938 bits per heavy atom. The van der Waals surface area contributed by atoms with Crippen molar-refractivity contribution in [1.29, 1.82) is 0 Å². The number of aromatic nitrogens is 1. The van der Waals surface area contributed by atoms with Crippen LogP contribution in [0.4, 0.5) is 11.4 Å². The second-order valence-corrected chi connectivity index (χ2v) is 8.95. The first kappa shape index (κ1) is 21.9. The Morgan fingerprint density at radius 3 is 2.38 bits per heavy atom. The number of anilines is 2. The molecule has 0 aliphatic rings. The highest BCUT2D eigenvalue weighted by Gasteiger charge is 2.18. The number of carbonyl (C=O) groups excluding carboxylic acids is 2. The third kappa shape index (κ3) is 5.47. The molecule has 2 heterocycles. The number of nitrogens with zero attached hydrogens (tertiary/aromatic N) is 1. The smallest absolute Gasteiger partial charge is 0.250 e. The number of thiazole rings is 1. The molecule has 0 atom stereocenters. The molecule has 0 fully saturated rings. The lowest BCUT2D eigenvalue weighted by Gasteiger charge is -2.08. The Bertz CT molecular complexity index is 1200. The highest BCUT2D eigenvalue weighted by Crippen LogP contribution is 2.36. The molecule has 0 aliphatic carbocycles. The van der Waals surface area contributed by atoms with Crippen molar-refractivity contribution in [2.24, 2.45) is 0 Å². The number of rotatable bonds is 8. The van der Waals surface area contributed by atoms with Gasteiger partial charge in [-0.1, -0.05) is 42.5 Å². The van der Waals surface area contributed by atoms with Crippen LogP contribution in [0.2, 0.25) is 0 Å². The van der Waals surface area contributed by atoms with Crippen LogP contribution in [0.1, 0.15) is 4.88 Å². The van der Waals surface area contributed by atoms with Crippen molar-refractivity contribution in [3.63, 3.8) is 0 Å². The molecule has 0 saturated carbocycles. The minimum absolute atomic E-state index is 0.0305. The highest BCUT2D eigenvalue weighted by atomic mass is 32.1. The van der Waals surface area contributed by atoms with E-state index in [0.717, 1.165) is 26.0 Å². The summed E-state index contributed by atoms with van der Waals surface area (Å²) < 4.78 is 4.83. The Morgan fingerprint density at radius 2 is 1.69 bits per heavy atom. The van der Waals surface area contributed by atoms with Gasteiger partial charge < -0.3 is 15.4 Å². The third-order valence-corrected chi connectivity index (χ3v) is 6.48. The monoisotopic (exact) mass is 463 g/mol. The maximum atomic E-state index is 12.8. The maximum Gasteiger partial charge on any atom is 0.250 e. The van der Waals surface area contributed by atoms with Gasteiger partial charge in [-0.15, -0.1) is 22.7 Å². The van der Waals surface area contributed by atoms with Crippen molar-refractivity contribution in [1.82, 2.24) is 4.98 Å². The molecule has 0 bridgehead atoms. The van der Waals surface area contributed by atoms with Crippen LogP contribution in [0.25, 0.3) is 21.1 Å². The summed E-state index contributed by atoms with van der Waals surface area (Å²) in [6.45, 7) is -0.0305. The molecule has 8 heteroatoms. The molecule has 6 nitrogen and oxygen atoms in total. The van der Waals surface area contributed by atoms with E-state index >= 15 is 0 Å². The van der Waals surface area contributed by atoms with Crippen LogP contribution in [0, 0.1) is 0 Å². The first-order valence-corrected chi connectivity index (χ1v) is 11.6. The minimum atomic E-state index is -0.255. The average Bonchev–Trinajstić information content (AvgIpc) is 3.45. The molecule has 0 spiro atoms. The number of hydrogen-bond donors (Lipinski definition) is 2. The molecule has 2 amide bonds. The summed E-state index contributed by atoms with van der Waals surface area (Å²) in [7, 11) is 1.46. The summed E-state index contributed by atoms with van der Waals surface area (Å²) in [4.78, 5) is 31.4. The van der Waals surface area contributed by atoms with Gasteiger partial charge in [0.25, 0.3) is 0 Å². The van der Waals surface area contributed by atoms with E-state index in [0.29, 0.717) is 11.4 Å². The van der Waals surface area contributed by atoms with Crippen molar-refractivity contribution in [2.45, 2.75) is 6.42 Å². The number of ether oxygens (including phenoxy) is 1. The maximum absolute atomic E-state index is 12.8. The fraction of sp³-hybridized carbons (Fsp3) is 0.125. The normalized spacial score (nSPS) is 10.7. The summed E-state index contributed by atoms with van der Waals surface area (Å²) in [6.07, 6.45) is 0.206. The zero-order chi connectivity index (χ0) is 22.3. The van der Waals surface area contributed by atoms with Crippen LogP contribution in [-0.4, -0.2) is 30.5 Å². The number of carbonyl (C=O) groups is 2. The van der Waals surface area contributed by atoms with Crippen molar-refractivity contribution in [2.75, 3.05) is 24.4 Å². The topological polar surface area (TPSA) is 80.3 Å². The SMILES string of the molecule is COCC(=O)Nc1cccc(NC(=O)Cc2sc(-c3ccccc3)nc2-c2cccs2)c1. The van der Waals surface area contributed by atoms with Crippen LogP contribution in [0.5, 0.6) is 0 Å². The molecule has 162 valence electrons. The predicted molar refractivity (Wildman–Crippen MR) is 130 cm³/mol. The van der Waals surface area contributed by atoms with Gasteiger partial charge in [0.1, 0.15) is 11.6 Å². The lowest BCUT2D eigenvalue weighted by Crippen LogP contribution is -2.18. The summed E-state index contributed by atoms with van der Waals surface area (Å²) in [5, 5.41) is 8.54. The number of nitrogens with one attached hydrogen (secondary N) is 2. The van der Waals surface area contributed by atoms with E-state index in [-0.39, 0.29) is 24.8 Å². The second-order valence-electron chi connectivity index (χ2n) is 6.92. The number of methoxy groups -OCH3 is 1. The van der Waals surface area contributed by atoms with Gasteiger partial charge in [0.05, 0.1) is 17.0 Å². The summed E-state index contributed by atoms with van der Waals surface area (Å²) >= 11 is 3.13. The van der Waals surface area contributed by atoms with E-state index in [1.165, 1.54) is 18.4 Å². The van der Waals surface area contributed by atoms with Crippen molar-refractivity contribution in [3.8, 4) is 21.1 Å². The molecule has 4 rings (SSSR count). The molecule has 0 saturated heterocycles. The summed E-state index contributed by atoms with van der Waals surface area (Å²) in [5.41, 5.74) is 3.07. The van der Waals surface area contributed by atoms with Crippen molar-refractivity contribution >= 4 is 45.9 Å². The van der Waals surface area contributed by atoms with E-state index < -0.39 is 0 Å². The molecule has 0 unspecified atom stereocenters. The molecule has 2 N–H and O–H groups in total. The van der Waals surface area contributed by atoms with Gasteiger partial charge in [-0.3, -0.25) is 9.59 Å². The first-order chi connectivity index (χ1) is 15.6. The number of benzene rings is 2. The van der Waals surface area contributed by atoms with Gasteiger partial charge in [0.2, 0.25) is 11.8 Å². The average molecular weight is 464 g/mol. The fourth-order valence-electron chi connectivity index (χ4n) is 3.14. The molecule has 0 aliphatic heterocycles. The van der Waals surface area contributed by atoms with Crippen LogP contribution in [-0.2, 0) is 20.7 Å². The van der Waals surface area contributed by atoms with E-state index in [1.54, 1.807) is 35.6 Å². The van der Waals surface area contributed by atoms with E-state index in [2.05, 4.69) is 10.6 Å². The van der Waals surface area contributed by atoms with Gasteiger partial charge in [0, 0.05) is 28.9 Å². The summed E-state index contributed by atoms with van der Waals surface area (Å²) in [5.74, 6) is -0.402. The van der Waals surface area contributed by atoms with Crippen LogP contribution < -0.4 is 10.6 Å². The number of hydrogen-bond acceptors (Lipinski definition) is 6. The molecule has 0 radical (unpaired) electrons. The fourth-order valence-corrected chi connectivity index (χ4v) is 5.02. The Hall–Kier alpha value is -3.33. The van der Waals surface area contributed by atoms with E-state index in [9.17, 15) is 9.59 Å². The molecular weight excluding hydrogens is 442 g/mol. The van der Waals surface area contributed by atoms with Crippen LogP contribution in [0.3, 0.4) is 0 Å². The van der Waals surface area contributed by atoms with Gasteiger partial charge in [0.15, 0.2) is 0 Å². The minimum Gasteiger partial charge on any atom is -0.375 e. The highest BCUT2D eigenvalue weighted by molar-refractivity contribution is 7.17. The molecule has 2 aromatic carbocycles. The lowest BCUT2D eigenvalue weighted by atomic mass is 10.2. The standard InChI is InChI=1S/C24H21N3O3S2/c1-30-15-22(29)26-18-10-5-9-17(13-18)25-21(28)14-20-23(19-11-6-12-31-19)27-24(32-20)16-7-3-2-4-8-16/h2-13H,14-15H2,1H3,(H,25,28)(H,26,29). The van der Waals surface area contributed by atoms with E-state index in [1.807, 2.05) is 47.8 Å². The number of amides is 2. The first-order valence-electron chi connectivity index (χ1n) is 9.90. The Kier molecular flexibility index (Phi) is 7.06. The largest absolute Gasteiger partial charge is 0.375 e. The summed E-state index contributed by atoms with van der Waals surface area (Å²) in [6, 6.07) is 21.0. The zero-order valence-electron chi connectivity index (χ0n) is 17.3. The molecule has 2 aromatic heterocycles. The molecule has 32 heavy (non-hydrogen) atoms. The van der Waals surface area contributed by atoms with Gasteiger partial charge in [-0.2, -0.15) is 0 Å². The third-order valence-electron chi connectivity index (χ3n) is 4.50. The Labute approximate surface area is 193 Å². The van der Waals surface area contributed by atoms with E-state index in [4.69, 9.17) is 9.72 Å². The molecular formula is C24H21N3O3S2. The van der Waals surface area contributed by atoms with Gasteiger partial charge >= 0.3 is 0 Å². The number of thiophene rings is 1. The second kappa shape index (κ2) is 10.3. The Balaban J connectivity index is 1.52. The van der Waals surface area contributed by atoms with Crippen molar-refractivity contribution in [3.05, 3.63) is 77.0 Å². The predicted octanol–water partition coefficient (Wildman–Crippen LogP) is 5.30. The van der Waals surface area contributed by atoms with Crippen molar-refractivity contribution < 1.29 is 14.3 Å². The van der Waals surface area contributed by atoms with Gasteiger partial charge in [-0.25, -0.2) is 4.98 Å².